The molecule has 15 heavy (non-hydrogen) atoms. The fourth-order valence-electron chi connectivity index (χ4n) is 2.24. The predicted octanol–water partition coefficient (Wildman–Crippen LogP) is 2.99. The summed E-state index contributed by atoms with van der Waals surface area (Å²) >= 11 is 0. The van der Waals surface area contributed by atoms with Gasteiger partial charge in [-0.2, -0.15) is 0 Å². The maximum Gasteiger partial charge on any atom is 0.0824 e. The summed E-state index contributed by atoms with van der Waals surface area (Å²) in [5, 5.41) is 9.56. The summed E-state index contributed by atoms with van der Waals surface area (Å²) < 4.78 is 5.73. The molecule has 0 aromatic rings. The second kappa shape index (κ2) is 5.31. The molecule has 90 valence electrons. The lowest BCUT2D eigenvalue weighted by Crippen LogP contribution is -2.32. The molecule has 1 rings (SSSR count). The highest BCUT2D eigenvalue weighted by Gasteiger charge is 2.25. The lowest BCUT2D eigenvalue weighted by atomic mass is 9.80. The molecule has 1 aliphatic rings. The van der Waals surface area contributed by atoms with Crippen molar-refractivity contribution in [2.24, 2.45) is 11.8 Å². The summed E-state index contributed by atoms with van der Waals surface area (Å²) in [7, 11) is 0. The molecule has 0 saturated heterocycles. The van der Waals surface area contributed by atoms with Crippen LogP contribution in [0.2, 0.25) is 0 Å². The van der Waals surface area contributed by atoms with Crippen LogP contribution < -0.4 is 0 Å². The Morgan fingerprint density at radius 3 is 2.13 bits per heavy atom. The SMILES string of the molecule is CC(C)[C@H]1CC[C@@H](OCC(C)(C)O)CC1. The molecule has 2 heteroatoms. The number of hydrogen-bond donors (Lipinski definition) is 1. The van der Waals surface area contributed by atoms with Crippen LogP contribution in [0.4, 0.5) is 0 Å². The minimum Gasteiger partial charge on any atom is -0.388 e. The number of aliphatic hydroxyl groups is 1. The maximum atomic E-state index is 9.56. The van der Waals surface area contributed by atoms with Gasteiger partial charge in [-0.3, -0.25) is 0 Å². The van der Waals surface area contributed by atoms with Gasteiger partial charge in [0.25, 0.3) is 0 Å². The largest absolute Gasteiger partial charge is 0.388 e. The van der Waals surface area contributed by atoms with Crippen molar-refractivity contribution in [1.82, 2.24) is 0 Å². The molecule has 0 aliphatic heterocycles. The van der Waals surface area contributed by atoms with Crippen molar-refractivity contribution in [2.45, 2.75) is 65.1 Å². The zero-order chi connectivity index (χ0) is 11.5. The van der Waals surface area contributed by atoms with Crippen LogP contribution in [-0.4, -0.2) is 23.4 Å². The van der Waals surface area contributed by atoms with Crippen molar-refractivity contribution in [3.05, 3.63) is 0 Å². The van der Waals surface area contributed by atoms with Gasteiger partial charge < -0.3 is 9.84 Å². The van der Waals surface area contributed by atoms with E-state index in [1.54, 1.807) is 13.8 Å². The number of ether oxygens (including phenoxy) is 1. The standard InChI is InChI=1S/C13H26O2/c1-10(2)11-5-7-12(8-6-11)15-9-13(3,4)14/h10-12,14H,5-9H2,1-4H3/t11-,12+. The summed E-state index contributed by atoms with van der Waals surface area (Å²) in [6.45, 7) is 8.68. The Hall–Kier alpha value is -0.0800. The van der Waals surface area contributed by atoms with Crippen molar-refractivity contribution in [3.63, 3.8) is 0 Å². The number of hydrogen-bond acceptors (Lipinski definition) is 2. The summed E-state index contributed by atoms with van der Waals surface area (Å²) in [6, 6.07) is 0. The first-order valence-electron chi connectivity index (χ1n) is 6.22. The van der Waals surface area contributed by atoms with Crippen LogP contribution in [-0.2, 0) is 4.74 Å². The first-order chi connectivity index (χ1) is 6.88. The minimum absolute atomic E-state index is 0.381. The lowest BCUT2D eigenvalue weighted by Gasteiger charge is -2.32. The smallest absolute Gasteiger partial charge is 0.0824 e. The lowest BCUT2D eigenvalue weighted by molar-refractivity contribution is -0.0675. The van der Waals surface area contributed by atoms with Gasteiger partial charge in [-0.15, -0.1) is 0 Å². The molecule has 1 fully saturated rings. The fraction of sp³-hybridized carbons (Fsp3) is 1.00. The maximum absolute atomic E-state index is 9.56. The van der Waals surface area contributed by atoms with Gasteiger partial charge in [0.05, 0.1) is 18.3 Å². The molecular weight excluding hydrogens is 188 g/mol. The van der Waals surface area contributed by atoms with E-state index in [4.69, 9.17) is 4.74 Å². The molecule has 0 aromatic carbocycles. The van der Waals surface area contributed by atoms with Gasteiger partial charge in [0.1, 0.15) is 0 Å². The summed E-state index contributed by atoms with van der Waals surface area (Å²) in [6.07, 6.45) is 5.28. The molecule has 1 aliphatic carbocycles. The van der Waals surface area contributed by atoms with Crippen molar-refractivity contribution in [2.75, 3.05) is 6.61 Å². The monoisotopic (exact) mass is 214 g/mol. The highest BCUT2D eigenvalue weighted by Crippen LogP contribution is 2.31. The molecule has 0 bridgehead atoms. The van der Waals surface area contributed by atoms with Crippen LogP contribution in [0, 0.1) is 11.8 Å². The van der Waals surface area contributed by atoms with E-state index in [9.17, 15) is 5.11 Å². The molecule has 0 unspecified atom stereocenters. The third-order valence-corrected chi connectivity index (χ3v) is 3.33. The molecule has 1 N–H and O–H groups in total. The van der Waals surface area contributed by atoms with Crippen LogP contribution in [0.25, 0.3) is 0 Å². The molecule has 1 saturated carbocycles. The zero-order valence-electron chi connectivity index (χ0n) is 10.6. The third-order valence-electron chi connectivity index (χ3n) is 3.33. The molecule has 2 nitrogen and oxygen atoms in total. The Kier molecular flexibility index (Phi) is 4.60. The van der Waals surface area contributed by atoms with Crippen LogP contribution in [0.3, 0.4) is 0 Å². The van der Waals surface area contributed by atoms with E-state index in [1.807, 2.05) is 0 Å². The van der Waals surface area contributed by atoms with Gasteiger partial charge in [-0.25, -0.2) is 0 Å². The quantitative estimate of drug-likeness (QED) is 0.779. The highest BCUT2D eigenvalue weighted by atomic mass is 16.5. The van der Waals surface area contributed by atoms with E-state index in [0.717, 1.165) is 11.8 Å². The topological polar surface area (TPSA) is 29.5 Å². The van der Waals surface area contributed by atoms with Crippen molar-refractivity contribution in [1.29, 1.82) is 0 Å². The summed E-state index contributed by atoms with van der Waals surface area (Å²) in [5.41, 5.74) is -0.686. The molecule has 0 heterocycles. The van der Waals surface area contributed by atoms with E-state index >= 15 is 0 Å². The normalized spacial score (nSPS) is 28.4. The van der Waals surface area contributed by atoms with E-state index in [-0.39, 0.29) is 0 Å². The molecular formula is C13H26O2. The summed E-state index contributed by atoms with van der Waals surface area (Å²) in [5.74, 6) is 1.69. The summed E-state index contributed by atoms with van der Waals surface area (Å²) in [4.78, 5) is 0. The van der Waals surface area contributed by atoms with Crippen LogP contribution in [0.5, 0.6) is 0 Å². The van der Waals surface area contributed by atoms with Crippen LogP contribution >= 0.6 is 0 Å². The fourth-order valence-corrected chi connectivity index (χ4v) is 2.24. The minimum atomic E-state index is -0.686. The van der Waals surface area contributed by atoms with Gasteiger partial charge in [-0.05, 0) is 51.4 Å². The molecule has 0 spiro atoms. The Labute approximate surface area is 94.0 Å². The van der Waals surface area contributed by atoms with Gasteiger partial charge in [0.15, 0.2) is 0 Å². The predicted molar refractivity (Wildman–Crippen MR) is 62.8 cm³/mol. The molecule has 0 atom stereocenters. The second-order valence-electron chi connectivity index (χ2n) is 5.90. The molecule has 0 aromatic heterocycles. The van der Waals surface area contributed by atoms with Gasteiger partial charge in [0.2, 0.25) is 0 Å². The first kappa shape index (κ1) is 13.0. The van der Waals surface area contributed by atoms with Crippen LogP contribution in [0.1, 0.15) is 53.4 Å². The number of rotatable bonds is 4. The Morgan fingerprint density at radius 2 is 1.73 bits per heavy atom. The molecule has 0 radical (unpaired) electrons. The molecule has 0 amide bonds. The van der Waals surface area contributed by atoms with E-state index < -0.39 is 5.60 Å². The van der Waals surface area contributed by atoms with Gasteiger partial charge in [-0.1, -0.05) is 13.8 Å². The van der Waals surface area contributed by atoms with Crippen LogP contribution in [0.15, 0.2) is 0 Å². The highest BCUT2D eigenvalue weighted by molar-refractivity contribution is 4.75. The third kappa shape index (κ3) is 4.98. The second-order valence-corrected chi connectivity index (χ2v) is 5.90. The van der Waals surface area contributed by atoms with Crippen molar-refractivity contribution in [3.8, 4) is 0 Å². The zero-order valence-corrected chi connectivity index (χ0v) is 10.6. The van der Waals surface area contributed by atoms with Crippen molar-refractivity contribution >= 4 is 0 Å². The van der Waals surface area contributed by atoms with Crippen molar-refractivity contribution < 1.29 is 9.84 Å². The average molecular weight is 214 g/mol. The Balaban J connectivity index is 2.20. The van der Waals surface area contributed by atoms with Gasteiger partial charge in [0, 0.05) is 0 Å². The van der Waals surface area contributed by atoms with E-state index in [1.165, 1.54) is 25.7 Å². The Bertz CT molecular complexity index is 173. The first-order valence-corrected chi connectivity index (χ1v) is 6.22. The van der Waals surface area contributed by atoms with Gasteiger partial charge >= 0.3 is 0 Å². The average Bonchev–Trinajstić information content (AvgIpc) is 2.14. The van der Waals surface area contributed by atoms with E-state index in [0.29, 0.717) is 12.7 Å². The Morgan fingerprint density at radius 1 is 1.20 bits per heavy atom. The van der Waals surface area contributed by atoms with E-state index in [2.05, 4.69) is 13.8 Å².